The van der Waals surface area contributed by atoms with Crippen molar-refractivity contribution in [2.75, 3.05) is 11.6 Å². The monoisotopic (exact) mass is 382 g/mol. The number of halogens is 1. The maximum atomic E-state index is 14.4. The molecule has 2 heterocycles. The molecule has 1 aliphatic carbocycles. The Bertz CT molecular complexity index is 1010. The van der Waals surface area contributed by atoms with Gasteiger partial charge in [-0.15, -0.1) is 0 Å². The first-order valence-electron chi connectivity index (χ1n) is 8.71. The molecular formula is C20H19FN4OS. The minimum atomic E-state index is -0.319. The first-order chi connectivity index (χ1) is 13.1. The van der Waals surface area contributed by atoms with Crippen molar-refractivity contribution < 1.29 is 9.18 Å². The number of pyridine rings is 1. The quantitative estimate of drug-likeness (QED) is 0.666. The van der Waals surface area contributed by atoms with Crippen LogP contribution in [0.25, 0.3) is 22.5 Å². The van der Waals surface area contributed by atoms with Gasteiger partial charge < -0.3 is 9.88 Å². The van der Waals surface area contributed by atoms with Crippen LogP contribution >= 0.6 is 11.8 Å². The van der Waals surface area contributed by atoms with Crippen LogP contribution in [-0.4, -0.2) is 26.7 Å². The molecule has 138 valence electrons. The van der Waals surface area contributed by atoms with Crippen LogP contribution in [0.3, 0.4) is 0 Å². The molecule has 0 atom stereocenters. The number of hydrogen-bond acceptors (Lipinski definition) is 4. The van der Waals surface area contributed by atoms with Crippen LogP contribution in [-0.2, 0) is 11.8 Å². The van der Waals surface area contributed by atoms with Gasteiger partial charge in [0.25, 0.3) is 0 Å². The molecule has 7 heteroatoms. The topological polar surface area (TPSA) is 59.8 Å². The normalized spacial score (nSPS) is 13.6. The molecule has 1 amide bonds. The van der Waals surface area contributed by atoms with E-state index in [-0.39, 0.29) is 17.6 Å². The largest absolute Gasteiger partial charge is 0.322 e. The van der Waals surface area contributed by atoms with Crippen LogP contribution in [0.15, 0.2) is 47.8 Å². The summed E-state index contributed by atoms with van der Waals surface area (Å²) in [5.74, 6) is 0.282. The van der Waals surface area contributed by atoms with Gasteiger partial charge in [0.1, 0.15) is 17.3 Å². The van der Waals surface area contributed by atoms with Crippen molar-refractivity contribution in [3.8, 4) is 22.5 Å². The second-order valence-electron chi connectivity index (χ2n) is 6.53. The molecule has 1 saturated carbocycles. The van der Waals surface area contributed by atoms with E-state index >= 15 is 0 Å². The molecule has 1 aromatic carbocycles. The zero-order valence-corrected chi connectivity index (χ0v) is 15.9. The summed E-state index contributed by atoms with van der Waals surface area (Å²) in [5, 5.41) is 3.65. The molecule has 5 nitrogen and oxygen atoms in total. The molecular weight excluding hydrogens is 363 g/mol. The number of hydrogen-bond donors (Lipinski definition) is 1. The van der Waals surface area contributed by atoms with E-state index in [1.54, 1.807) is 24.4 Å². The SMILES string of the molecule is CSc1nc(-c2ccccc2F)c(-c2ccnc(NC(=O)C3CC3)c2)n1C. The lowest BCUT2D eigenvalue weighted by Gasteiger charge is -2.10. The van der Waals surface area contributed by atoms with Crippen molar-refractivity contribution in [1.82, 2.24) is 14.5 Å². The second kappa shape index (κ2) is 7.15. The molecule has 0 radical (unpaired) electrons. The molecule has 4 rings (SSSR count). The molecule has 0 bridgehead atoms. The summed E-state index contributed by atoms with van der Waals surface area (Å²) in [5.41, 5.74) is 2.63. The number of carbonyl (C=O) groups excluding carboxylic acids is 1. The van der Waals surface area contributed by atoms with Gasteiger partial charge in [-0.25, -0.2) is 14.4 Å². The molecule has 0 unspecified atom stereocenters. The predicted octanol–water partition coefficient (Wildman–Crippen LogP) is 4.36. The minimum Gasteiger partial charge on any atom is -0.322 e. The van der Waals surface area contributed by atoms with Crippen molar-refractivity contribution >= 4 is 23.5 Å². The van der Waals surface area contributed by atoms with Gasteiger partial charge >= 0.3 is 0 Å². The lowest BCUT2D eigenvalue weighted by molar-refractivity contribution is -0.117. The summed E-state index contributed by atoms with van der Waals surface area (Å²) in [6, 6.07) is 10.3. The highest BCUT2D eigenvalue weighted by Gasteiger charge is 2.30. The van der Waals surface area contributed by atoms with Gasteiger partial charge in [-0.3, -0.25) is 4.79 Å². The average molecular weight is 382 g/mol. The fourth-order valence-electron chi connectivity index (χ4n) is 3.05. The van der Waals surface area contributed by atoms with E-state index < -0.39 is 0 Å². The van der Waals surface area contributed by atoms with Gasteiger partial charge in [-0.2, -0.15) is 0 Å². The van der Waals surface area contributed by atoms with E-state index in [2.05, 4.69) is 15.3 Å². The van der Waals surface area contributed by atoms with Crippen LogP contribution < -0.4 is 5.32 Å². The van der Waals surface area contributed by atoms with Crippen molar-refractivity contribution in [3.63, 3.8) is 0 Å². The smallest absolute Gasteiger partial charge is 0.228 e. The van der Waals surface area contributed by atoms with Gasteiger partial charge in [0.05, 0.1) is 5.69 Å². The molecule has 27 heavy (non-hydrogen) atoms. The highest BCUT2D eigenvalue weighted by Crippen LogP contribution is 2.36. The van der Waals surface area contributed by atoms with Crippen LogP contribution in [0.5, 0.6) is 0 Å². The Hall–Kier alpha value is -2.67. The summed E-state index contributed by atoms with van der Waals surface area (Å²) in [6.07, 6.45) is 5.45. The Balaban J connectivity index is 1.80. The lowest BCUT2D eigenvalue weighted by atomic mass is 10.0. The van der Waals surface area contributed by atoms with Crippen molar-refractivity contribution in [1.29, 1.82) is 0 Å². The number of nitrogens with zero attached hydrogens (tertiary/aromatic N) is 3. The zero-order chi connectivity index (χ0) is 19.0. The zero-order valence-electron chi connectivity index (χ0n) is 15.1. The average Bonchev–Trinajstić information content (AvgIpc) is 3.46. The molecule has 1 N–H and O–H groups in total. The fourth-order valence-corrected chi connectivity index (χ4v) is 3.60. The third kappa shape index (κ3) is 3.47. The number of imidazole rings is 1. The van der Waals surface area contributed by atoms with E-state index in [9.17, 15) is 9.18 Å². The number of benzene rings is 1. The Morgan fingerprint density at radius 1 is 1.30 bits per heavy atom. The maximum Gasteiger partial charge on any atom is 0.228 e. The first-order valence-corrected chi connectivity index (χ1v) is 9.94. The number of amides is 1. The maximum absolute atomic E-state index is 14.4. The number of rotatable bonds is 5. The van der Waals surface area contributed by atoms with Gasteiger partial charge in [0, 0.05) is 30.3 Å². The number of nitrogens with one attached hydrogen (secondary N) is 1. The summed E-state index contributed by atoms with van der Waals surface area (Å²) in [7, 11) is 1.90. The summed E-state index contributed by atoms with van der Waals surface area (Å²) >= 11 is 1.50. The third-order valence-corrected chi connectivity index (χ3v) is 5.33. The Kier molecular flexibility index (Phi) is 4.70. The van der Waals surface area contributed by atoms with Gasteiger partial charge in [-0.1, -0.05) is 23.9 Å². The molecule has 3 aromatic rings. The van der Waals surface area contributed by atoms with Crippen molar-refractivity contribution in [3.05, 3.63) is 48.4 Å². The van der Waals surface area contributed by atoms with E-state index in [4.69, 9.17) is 0 Å². The van der Waals surface area contributed by atoms with Gasteiger partial charge in [0.2, 0.25) is 5.91 Å². The standard InChI is InChI=1S/C20H19FN4OS/c1-25-18(13-9-10-22-16(11-13)23-19(26)12-7-8-12)17(24-20(25)27-2)14-5-3-4-6-15(14)21/h3-6,9-12H,7-8H2,1-2H3,(H,22,23,26). The number of carbonyl (C=O) groups is 1. The van der Waals surface area contributed by atoms with E-state index in [0.717, 1.165) is 29.3 Å². The minimum absolute atomic E-state index is 0.00351. The van der Waals surface area contributed by atoms with Crippen LogP contribution in [0.2, 0.25) is 0 Å². The molecule has 1 fully saturated rings. The molecule has 1 aliphatic rings. The Labute approximate surface area is 161 Å². The number of anilines is 1. The second-order valence-corrected chi connectivity index (χ2v) is 7.30. The van der Waals surface area contributed by atoms with Crippen LogP contribution in [0.1, 0.15) is 12.8 Å². The molecule has 0 spiro atoms. The lowest BCUT2D eigenvalue weighted by Crippen LogP contribution is -2.14. The first kappa shape index (κ1) is 17.7. The van der Waals surface area contributed by atoms with Crippen molar-refractivity contribution in [2.24, 2.45) is 13.0 Å². The third-order valence-electron chi connectivity index (χ3n) is 4.60. The predicted molar refractivity (Wildman–Crippen MR) is 105 cm³/mol. The van der Waals surface area contributed by atoms with Crippen LogP contribution in [0.4, 0.5) is 10.2 Å². The number of aromatic nitrogens is 3. The van der Waals surface area contributed by atoms with E-state index in [1.165, 1.54) is 17.8 Å². The summed E-state index contributed by atoms with van der Waals surface area (Å²) in [4.78, 5) is 20.9. The van der Waals surface area contributed by atoms with E-state index in [0.29, 0.717) is 17.1 Å². The van der Waals surface area contributed by atoms with Crippen molar-refractivity contribution in [2.45, 2.75) is 18.0 Å². The highest BCUT2D eigenvalue weighted by atomic mass is 32.2. The van der Waals surface area contributed by atoms with Crippen LogP contribution in [0, 0.1) is 11.7 Å². The van der Waals surface area contributed by atoms with E-state index in [1.807, 2.05) is 30.0 Å². The summed E-state index contributed by atoms with van der Waals surface area (Å²) < 4.78 is 16.4. The fraction of sp³-hybridized carbons (Fsp3) is 0.250. The summed E-state index contributed by atoms with van der Waals surface area (Å²) in [6.45, 7) is 0. The highest BCUT2D eigenvalue weighted by molar-refractivity contribution is 7.98. The molecule has 0 aliphatic heterocycles. The molecule has 2 aromatic heterocycles. The number of thioether (sulfide) groups is 1. The van der Waals surface area contributed by atoms with Gasteiger partial charge in [-0.05, 0) is 43.4 Å². The molecule has 0 saturated heterocycles. The van der Waals surface area contributed by atoms with Gasteiger partial charge in [0.15, 0.2) is 5.16 Å². The Morgan fingerprint density at radius 3 is 2.78 bits per heavy atom. The Morgan fingerprint density at radius 2 is 2.07 bits per heavy atom.